The van der Waals surface area contributed by atoms with Crippen molar-refractivity contribution in [2.45, 2.75) is 13.3 Å². The molecule has 1 saturated heterocycles. The lowest BCUT2D eigenvalue weighted by atomic mass is 10.2. The van der Waals surface area contributed by atoms with Gasteiger partial charge in [-0.3, -0.25) is 9.69 Å². The molecule has 74 valence electrons. The molecule has 1 N–H and O–H groups in total. The smallest absolute Gasteiger partial charge is 0.234 e. The van der Waals surface area contributed by atoms with Gasteiger partial charge in [0.25, 0.3) is 0 Å². The minimum atomic E-state index is 0.0194. The van der Waals surface area contributed by atoms with Crippen molar-refractivity contribution in [3.8, 4) is 0 Å². The summed E-state index contributed by atoms with van der Waals surface area (Å²) in [6.07, 6.45) is 1.90. The molecule has 0 aromatic rings. The summed E-state index contributed by atoms with van der Waals surface area (Å²) in [6.45, 7) is 4.65. The van der Waals surface area contributed by atoms with Crippen molar-refractivity contribution in [1.29, 1.82) is 0 Å². The summed E-state index contributed by atoms with van der Waals surface area (Å²) in [5.74, 6) is 0.0847. The summed E-state index contributed by atoms with van der Waals surface area (Å²) in [4.78, 5) is 23.6. The lowest BCUT2D eigenvalue weighted by Gasteiger charge is -2.19. The zero-order chi connectivity index (χ0) is 9.68. The quantitative estimate of drug-likeness (QED) is 0.610. The molecule has 13 heavy (non-hydrogen) atoms. The van der Waals surface area contributed by atoms with E-state index in [0.29, 0.717) is 13.1 Å². The van der Waals surface area contributed by atoms with Crippen LogP contribution < -0.4 is 5.32 Å². The number of carbonyl (C=O) groups excluding carboxylic acids is 2. The maximum Gasteiger partial charge on any atom is 0.234 e. The SMILES string of the molecule is CC(C=O)CN1CCCNC(=O)C1. The molecule has 1 heterocycles. The second kappa shape index (κ2) is 4.97. The lowest BCUT2D eigenvalue weighted by Crippen LogP contribution is -2.35. The molecule has 1 rings (SSSR count). The Morgan fingerprint density at radius 1 is 1.69 bits per heavy atom. The molecule has 1 unspecified atom stereocenters. The summed E-state index contributed by atoms with van der Waals surface area (Å²) in [6, 6.07) is 0. The van der Waals surface area contributed by atoms with Crippen molar-refractivity contribution in [3.63, 3.8) is 0 Å². The van der Waals surface area contributed by atoms with E-state index in [-0.39, 0.29) is 11.8 Å². The van der Waals surface area contributed by atoms with Crippen molar-refractivity contribution in [3.05, 3.63) is 0 Å². The Labute approximate surface area is 78.3 Å². The van der Waals surface area contributed by atoms with Gasteiger partial charge in [-0.15, -0.1) is 0 Å². The minimum absolute atomic E-state index is 0.0194. The van der Waals surface area contributed by atoms with Crippen LogP contribution in [0.2, 0.25) is 0 Å². The molecule has 1 atom stereocenters. The number of hydrogen-bond acceptors (Lipinski definition) is 3. The zero-order valence-corrected chi connectivity index (χ0v) is 7.95. The lowest BCUT2D eigenvalue weighted by molar-refractivity contribution is -0.122. The van der Waals surface area contributed by atoms with Crippen molar-refractivity contribution in [2.75, 3.05) is 26.2 Å². The minimum Gasteiger partial charge on any atom is -0.355 e. The molecule has 0 spiro atoms. The summed E-state index contributed by atoms with van der Waals surface area (Å²) in [5, 5.41) is 2.80. The number of nitrogens with one attached hydrogen (secondary N) is 1. The second-order valence-corrected chi connectivity index (χ2v) is 3.55. The second-order valence-electron chi connectivity index (χ2n) is 3.55. The van der Waals surface area contributed by atoms with Crippen molar-refractivity contribution in [1.82, 2.24) is 10.2 Å². The Balaban J connectivity index is 2.38. The highest BCUT2D eigenvalue weighted by Crippen LogP contribution is 2.00. The first-order valence-corrected chi connectivity index (χ1v) is 4.66. The van der Waals surface area contributed by atoms with Crippen LogP contribution in [0.1, 0.15) is 13.3 Å². The maximum absolute atomic E-state index is 11.1. The van der Waals surface area contributed by atoms with Gasteiger partial charge in [-0.25, -0.2) is 0 Å². The average Bonchev–Trinajstić information content (AvgIpc) is 2.30. The van der Waals surface area contributed by atoms with Gasteiger partial charge in [-0.2, -0.15) is 0 Å². The third-order valence-corrected chi connectivity index (χ3v) is 2.12. The summed E-state index contributed by atoms with van der Waals surface area (Å²) < 4.78 is 0. The molecule has 4 nitrogen and oxygen atoms in total. The van der Waals surface area contributed by atoms with Crippen LogP contribution in [0.25, 0.3) is 0 Å². The van der Waals surface area contributed by atoms with Gasteiger partial charge < -0.3 is 10.1 Å². The van der Waals surface area contributed by atoms with Gasteiger partial charge in [0.15, 0.2) is 0 Å². The molecule has 1 fully saturated rings. The average molecular weight is 184 g/mol. The molecule has 0 aromatic carbocycles. The predicted molar refractivity (Wildman–Crippen MR) is 49.3 cm³/mol. The van der Waals surface area contributed by atoms with Gasteiger partial charge in [0, 0.05) is 25.6 Å². The molecule has 1 amide bonds. The number of hydrogen-bond donors (Lipinski definition) is 1. The van der Waals surface area contributed by atoms with Crippen LogP contribution in [-0.2, 0) is 9.59 Å². The first-order valence-electron chi connectivity index (χ1n) is 4.66. The van der Waals surface area contributed by atoms with E-state index in [9.17, 15) is 9.59 Å². The molecule has 0 aromatic heterocycles. The third kappa shape index (κ3) is 3.55. The van der Waals surface area contributed by atoms with E-state index in [0.717, 1.165) is 25.8 Å². The fourth-order valence-corrected chi connectivity index (χ4v) is 1.47. The fraction of sp³-hybridized carbons (Fsp3) is 0.778. The molecule has 1 aliphatic heterocycles. The molecule has 0 saturated carbocycles. The van der Waals surface area contributed by atoms with Crippen LogP contribution in [0, 0.1) is 5.92 Å². The van der Waals surface area contributed by atoms with Crippen molar-refractivity contribution >= 4 is 12.2 Å². The maximum atomic E-state index is 11.1. The van der Waals surface area contributed by atoms with Gasteiger partial charge in [0.05, 0.1) is 6.54 Å². The first kappa shape index (κ1) is 10.2. The molecule has 4 heteroatoms. The topological polar surface area (TPSA) is 49.4 Å². The Morgan fingerprint density at radius 2 is 2.46 bits per heavy atom. The zero-order valence-electron chi connectivity index (χ0n) is 7.95. The number of aldehydes is 1. The van der Waals surface area contributed by atoms with Crippen LogP contribution >= 0.6 is 0 Å². The standard InChI is InChI=1S/C9H16N2O2/c1-8(7-12)5-11-4-2-3-10-9(13)6-11/h7-8H,2-6H2,1H3,(H,10,13). The Kier molecular flexibility index (Phi) is 3.89. The summed E-state index contributed by atoms with van der Waals surface area (Å²) >= 11 is 0. The molecule has 0 aliphatic carbocycles. The first-order chi connectivity index (χ1) is 6.22. The number of amides is 1. The van der Waals surface area contributed by atoms with E-state index in [4.69, 9.17) is 0 Å². The van der Waals surface area contributed by atoms with Crippen molar-refractivity contribution in [2.24, 2.45) is 5.92 Å². The van der Waals surface area contributed by atoms with Gasteiger partial charge in [0.2, 0.25) is 5.91 Å². The van der Waals surface area contributed by atoms with Crippen LogP contribution in [0.4, 0.5) is 0 Å². The van der Waals surface area contributed by atoms with E-state index in [1.165, 1.54) is 0 Å². The Morgan fingerprint density at radius 3 is 3.15 bits per heavy atom. The largest absolute Gasteiger partial charge is 0.355 e. The highest BCUT2D eigenvalue weighted by Gasteiger charge is 2.15. The monoisotopic (exact) mass is 184 g/mol. The van der Waals surface area contributed by atoms with E-state index >= 15 is 0 Å². The Hall–Kier alpha value is -0.900. The molecule has 0 bridgehead atoms. The highest BCUT2D eigenvalue weighted by atomic mass is 16.2. The highest BCUT2D eigenvalue weighted by molar-refractivity contribution is 5.78. The molecule has 1 aliphatic rings. The molecular formula is C9H16N2O2. The van der Waals surface area contributed by atoms with E-state index in [1.807, 2.05) is 11.8 Å². The number of rotatable bonds is 3. The van der Waals surface area contributed by atoms with E-state index in [2.05, 4.69) is 5.32 Å². The predicted octanol–water partition coefficient (Wildman–Crippen LogP) is -0.357. The van der Waals surface area contributed by atoms with Crippen LogP contribution in [0.5, 0.6) is 0 Å². The fourth-order valence-electron chi connectivity index (χ4n) is 1.47. The van der Waals surface area contributed by atoms with Gasteiger partial charge in [0.1, 0.15) is 6.29 Å². The van der Waals surface area contributed by atoms with E-state index < -0.39 is 0 Å². The number of carbonyl (C=O) groups is 2. The summed E-state index contributed by atoms with van der Waals surface area (Å²) in [5.41, 5.74) is 0. The van der Waals surface area contributed by atoms with Crippen molar-refractivity contribution < 1.29 is 9.59 Å². The van der Waals surface area contributed by atoms with Gasteiger partial charge >= 0.3 is 0 Å². The van der Waals surface area contributed by atoms with Gasteiger partial charge in [-0.1, -0.05) is 6.92 Å². The molecular weight excluding hydrogens is 168 g/mol. The molecule has 0 radical (unpaired) electrons. The van der Waals surface area contributed by atoms with E-state index in [1.54, 1.807) is 0 Å². The normalized spacial score (nSPS) is 21.8. The van der Waals surface area contributed by atoms with Crippen LogP contribution in [0.3, 0.4) is 0 Å². The summed E-state index contributed by atoms with van der Waals surface area (Å²) in [7, 11) is 0. The van der Waals surface area contributed by atoms with Gasteiger partial charge in [-0.05, 0) is 6.42 Å². The third-order valence-electron chi connectivity index (χ3n) is 2.12. The Bertz CT molecular complexity index is 194. The number of nitrogens with zero attached hydrogens (tertiary/aromatic N) is 1. The van der Waals surface area contributed by atoms with Crippen LogP contribution in [-0.4, -0.2) is 43.3 Å². The van der Waals surface area contributed by atoms with Crippen LogP contribution in [0.15, 0.2) is 0 Å².